The number of guanidine groups is 1. The fourth-order valence-corrected chi connectivity index (χ4v) is 4.10. The number of aliphatic imine (C=N–C) groups is 1. The Bertz CT molecular complexity index is 963. The van der Waals surface area contributed by atoms with Crippen molar-refractivity contribution in [3.63, 3.8) is 0 Å². The topological polar surface area (TPSA) is 190 Å². The van der Waals surface area contributed by atoms with Crippen LogP contribution < -0.4 is 21.9 Å². The molecule has 0 fully saturated rings. The third-order valence-corrected chi connectivity index (χ3v) is 5.76. The van der Waals surface area contributed by atoms with Gasteiger partial charge in [0, 0.05) is 17.0 Å². The van der Waals surface area contributed by atoms with E-state index in [4.69, 9.17) is 28.8 Å². The van der Waals surface area contributed by atoms with Crippen LogP contribution in [0.3, 0.4) is 0 Å². The molecule has 12 heteroatoms. The number of unbranched alkanes of at least 4 members (excludes halogenated alkanes) is 1. The van der Waals surface area contributed by atoms with E-state index in [1.54, 1.807) is 0 Å². The fourth-order valence-electron chi connectivity index (χ4n) is 2.60. The SMILES string of the molecule is NCCCC[C@@H](NS(=O)(=O)c1ccc2c(Cl)cnc(N=C(N)N)c2c1)C(O)O. The number of hydrogen-bond acceptors (Lipinski definition) is 7. The number of sulfonamides is 1. The van der Waals surface area contributed by atoms with Gasteiger partial charge in [-0.2, -0.15) is 4.99 Å². The zero-order valence-corrected chi connectivity index (χ0v) is 16.5. The van der Waals surface area contributed by atoms with Crippen LogP contribution >= 0.6 is 11.6 Å². The molecule has 0 aliphatic carbocycles. The van der Waals surface area contributed by atoms with Crippen molar-refractivity contribution in [3.8, 4) is 0 Å². The lowest BCUT2D eigenvalue weighted by atomic mass is 10.1. The quantitative estimate of drug-likeness (QED) is 0.137. The monoisotopic (exact) mass is 430 g/mol. The van der Waals surface area contributed by atoms with Crippen LogP contribution in [0.15, 0.2) is 34.3 Å². The fraction of sp³-hybridized carbons (Fsp3) is 0.375. The van der Waals surface area contributed by atoms with E-state index < -0.39 is 22.4 Å². The van der Waals surface area contributed by atoms with Crippen LogP contribution in [0.25, 0.3) is 10.8 Å². The Kier molecular flexibility index (Phi) is 7.52. The van der Waals surface area contributed by atoms with E-state index in [1.165, 1.54) is 24.4 Å². The summed E-state index contributed by atoms with van der Waals surface area (Å²) in [7, 11) is -4.07. The van der Waals surface area contributed by atoms with Gasteiger partial charge in [-0.3, -0.25) is 0 Å². The molecule has 0 aliphatic rings. The van der Waals surface area contributed by atoms with Crippen LogP contribution in [-0.2, 0) is 10.0 Å². The van der Waals surface area contributed by atoms with E-state index in [2.05, 4.69) is 14.7 Å². The first-order valence-electron chi connectivity index (χ1n) is 8.42. The van der Waals surface area contributed by atoms with E-state index in [0.717, 1.165) is 0 Å². The highest BCUT2D eigenvalue weighted by Crippen LogP contribution is 2.31. The number of pyridine rings is 1. The minimum Gasteiger partial charge on any atom is -0.370 e. The lowest BCUT2D eigenvalue weighted by Gasteiger charge is -2.20. The Balaban J connectivity index is 2.43. The molecule has 2 aromatic rings. The molecule has 1 heterocycles. The first-order chi connectivity index (χ1) is 13.2. The summed E-state index contributed by atoms with van der Waals surface area (Å²) >= 11 is 6.11. The Hall–Kier alpha value is -2.02. The summed E-state index contributed by atoms with van der Waals surface area (Å²) in [5.41, 5.74) is 16.2. The first kappa shape index (κ1) is 22.3. The molecule has 0 spiro atoms. The number of halogens is 1. The predicted molar refractivity (Wildman–Crippen MR) is 107 cm³/mol. The summed E-state index contributed by atoms with van der Waals surface area (Å²) in [5.74, 6) is -0.135. The second-order valence-corrected chi connectivity index (χ2v) is 8.22. The Morgan fingerprint density at radius 3 is 2.57 bits per heavy atom. The molecule has 0 aliphatic heterocycles. The Morgan fingerprint density at radius 1 is 1.25 bits per heavy atom. The van der Waals surface area contributed by atoms with Gasteiger partial charge in [0.05, 0.1) is 16.0 Å². The number of aliphatic hydroxyl groups is 2. The predicted octanol–water partition coefficient (Wildman–Crippen LogP) is -0.120. The average molecular weight is 431 g/mol. The summed E-state index contributed by atoms with van der Waals surface area (Å²) in [6.07, 6.45) is 0.878. The molecule has 154 valence electrons. The van der Waals surface area contributed by atoms with Gasteiger partial charge < -0.3 is 27.4 Å². The van der Waals surface area contributed by atoms with E-state index in [0.29, 0.717) is 35.2 Å². The van der Waals surface area contributed by atoms with Gasteiger partial charge in [-0.25, -0.2) is 18.1 Å². The Morgan fingerprint density at radius 2 is 1.96 bits per heavy atom. The molecular formula is C16H23ClN6O4S. The maximum atomic E-state index is 12.7. The van der Waals surface area contributed by atoms with Gasteiger partial charge in [-0.1, -0.05) is 24.1 Å². The minimum atomic E-state index is -4.07. The largest absolute Gasteiger partial charge is 0.370 e. The van der Waals surface area contributed by atoms with Crippen LogP contribution in [-0.4, -0.2) is 48.5 Å². The van der Waals surface area contributed by atoms with Crippen LogP contribution in [0.1, 0.15) is 19.3 Å². The zero-order chi connectivity index (χ0) is 20.9. The number of hydrogen-bond donors (Lipinski definition) is 6. The lowest BCUT2D eigenvalue weighted by molar-refractivity contribution is -0.0639. The van der Waals surface area contributed by atoms with E-state index in [1.807, 2.05) is 0 Å². The minimum absolute atomic E-state index is 0.109. The summed E-state index contributed by atoms with van der Waals surface area (Å²) in [6, 6.07) is 3.08. The van der Waals surface area contributed by atoms with E-state index in [-0.39, 0.29) is 23.1 Å². The summed E-state index contributed by atoms with van der Waals surface area (Å²) < 4.78 is 27.8. The summed E-state index contributed by atoms with van der Waals surface area (Å²) in [6.45, 7) is 0.424. The third kappa shape index (κ3) is 5.50. The third-order valence-electron chi connectivity index (χ3n) is 3.97. The molecular weight excluding hydrogens is 408 g/mol. The van der Waals surface area contributed by atoms with Crippen molar-refractivity contribution >= 4 is 44.2 Å². The second kappa shape index (κ2) is 9.45. The van der Waals surface area contributed by atoms with E-state index in [9.17, 15) is 18.6 Å². The number of aromatic nitrogens is 1. The van der Waals surface area contributed by atoms with Gasteiger partial charge in [0.25, 0.3) is 0 Å². The molecule has 0 radical (unpaired) electrons. The van der Waals surface area contributed by atoms with Crippen molar-refractivity contribution in [2.24, 2.45) is 22.2 Å². The summed E-state index contributed by atoms with van der Waals surface area (Å²) in [4.78, 5) is 7.78. The van der Waals surface area contributed by atoms with E-state index >= 15 is 0 Å². The number of rotatable bonds is 9. The van der Waals surface area contributed by atoms with Crippen molar-refractivity contribution in [1.82, 2.24) is 9.71 Å². The zero-order valence-electron chi connectivity index (χ0n) is 14.9. The van der Waals surface area contributed by atoms with Gasteiger partial charge in [0.1, 0.15) is 0 Å². The molecule has 0 bridgehead atoms. The lowest BCUT2D eigenvalue weighted by Crippen LogP contribution is -2.43. The van der Waals surface area contributed by atoms with Crippen LogP contribution in [0.2, 0.25) is 5.02 Å². The molecule has 0 unspecified atom stereocenters. The highest BCUT2D eigenvalue weighted by atomic mass is 35.5. The Labute approximate surface area is 167 Å². The number of nitrogens with zero attached hydrogens (tertiary/aromatic N) is 2. The molecule has 2 rings (SSSR count). The maximum Gasteiger partial charge on any atom is 0.241 e. The van der Waals surface area contributed by atoms with Crippen LogP contribution in [0.5, 0.6) is 0 Å². The van der Waals surface area contributed by atoms with Crippen molar-refractivity contribution in [3.05, 3.63) is 29.4 Å². The highest BCUT2D eigenvalue weighted by Gasteiger charge is 2.25. The van der Waals surface area contributed by atoms with Gasteiger partial charge in [0.2, 0.25) is 10.0 Å². The first-order valence-corrected chi connectivity index (χ1v) is 10.3. The number of nitrogens with two attached hydrogens (primary N) is 3. The molecule has 28 heavy (non-hydrogen) atoms. The standard InChI is InChI=1S/C16H23ClN6O4S/c17-12-8-21-14(22-16(19)20)11-7-9(4-5-10(11)12)28(26,27)23-13(15(24)25)3-1-2-6-18/h4-5,7-8,13,15,23-25H,1-3,6,18H2,(H4,19,20,21,22)/t13-/m1/s1. The van der Waals surface area contributed by atoms with Gasteiger partial charge in [-0.05, 0) is 31.5 Å². The van der Waals surface area contributed by atoms with Crippen molar-refractivity contribution in [1.29, 1.82) is 0 Å². The van der Waals surface area contributed by atoms with Crippen molar-refractivity contribution < 1.29 is 18.6 Å². The number of benzene rings is 1. The van der Waals surface area contributed by atoms with Gasteiger partial charge in [-0.15, -0.1) is 0 Å². The molecule has 0 saturated heterocycles. The second-order valence-electron chi connectivity index (χ2n) is 6.10. The molecule has 9 N–H and O–H groups in total. The smallest absolute Gasteiger partial charge is 0.241 e. The molecule has 1 aromatic heterocycles. The van der Waals surface area contributed by atoms with Crippen LogP contribution in [0.4, 0.5) is 5.82 Å². The highest BCUT2D eigenvalue weighted by molar-refractivity contribution is 7.89. The number of fused-ring (bicyclic) bond motifs is 1. The molecule has 10 nitrogen and oxygen atoms in total. The molecule has 0 amide bonds. The summed E-state index contributed by atoms with van der Waals surface area (Å²) in [5, 5.41) is 20.1. The maximum absolute atomic E-state index is 12.7. The molecule has 0 saturated carbocycles. The normalized spacial score (nSPS) is 13.0. The van der Waals surface area contributed by atoms with Gasteiger partial charge in [0.15, 0.2) is 18.1 Å². The number of nitrogens with one attached hydrogen (secondary N) is 1. The molecule has 1 atom stereocenters. The van der Waals surface area contributed by atoms with Crippen LogP contribution in [0, 0.1) is 0 Å². The van der Waals surface area contributed by atoms with Crippen molar-refractivity contribution in [2.45, 2.75) is 36.5 Å². The van der Waals surface area contributed by atoms with Crippen molar-refractivity contribution in [2.75, 3.05) is 6.54 Å². The molecule has 1 aromatic carbocycles. The number of aliphatic hydroxyl groups excluding tert-OH is 1. The average Bonchev–Trinajstić information content (AvgIpc) is 2.62. The van der Waals surface area contributed by atoms with Gasteiger partial charge >= 0.3 is 0 Å².